The lowest BCUT2D eigenvalue weighted by atomic mass is 10.1. The van der Waals surface area contributed by atoms with E-state index in [0.29, 0.717) is 10.9 Å². The quantitative estimate of drug-likeness (QED) is 0.553. The number of hydrogen-bond acceptors (Lipinski definition) is 2. The molecule has 106 valence electrons. The fourth-order valence-electron chi connectivity index (χ4n) is 1.72. The van der Waals surface area contributed by atoms with Crippen molar-refractivity contribution in [2.24, 2.45) is 5.14 Å². The third-order valence-electron chi connectivity index (χ3n) is 2.74. The van der Waals surface area contributed by atoms with Crippen LogP contribution in [0.3, 0.4) is 0 Å². The van der Waals surface area contributed by atoms with Gasteiger partial charge in [-0.05, 0) is 80.3 Å². The highest BCUT2D eigenvalue weighted by Gasteiger charge is 2.09. The summed E-state index contributed by atoms with van der Waals surface area (Å²) in [5.74, 6) is -0.303. The van der Waals surface area contributed by atoms with Gasteiger partial charge in [-0.1, -0.05) is 12.1 Å². The smallest absolute Gasteiger partial charge is 0.225 e. The summed E-state index contributed by atoms with van der Waals surface area (Å²) in [6, 6.07) is 9.52. The van der Waals surface area contributed by atoms with Crippen LogP contribution in [-0.4, -0.2) is 8.42 Å². The van der Waals surface area contributed by atoms with Gasteiger partial charge in [0.05, 0.1) is 9.37 Å². The van der Waals surface area contributed by atoms with Crippen LogP contribution in [0, 0.1) is 9.39 Å². The van der Waals surface area contributed by atoms with Crippen molar-refractivity contribution in [2.75, 3.05) is 0 Å². The van der Waals surface area contributed by atoms with Crippen LogP contribution in [0.5, 0.6) is 0 Å². The van der Waals surface area contributed by atoms with E-state index in [0.717, 1.165) is 14.7 Å². The Labute approximate surface area is 138 Å². The van der Waals surface area contributed by atoms with E-state index in [4.69, 9.17) is 5.14 Å². The van der Waals surface area contributed by atoms with Gasteiger partial charge in [-0.25, -0.2) is 17.9 Å². The zero-order valence-electron chi connectivity index (χ0n) is 10.1. The monoisotopic (exact) mass is 469 g/mol. The van der Waals surface area contributed by atoms with Crippen molar-refractivity contribution >= 4 is 48.5 Å². The summed E-state index contributed by atoms with van der Waals surface area (Å²) in [6.07, 6.45) is 0.585. The van der Waals surface area contributed by atoms with E-state index in [1.807, 2.05) is 0 Å². The predicted octanol–water partition coefficient (Wildman–Crippen LogP) is 3.43. The van der Waals surface area contributed by atoms with Crippen molar-refractivity contribution in [1.29, 1.82) is 0 Å². The molecule has 0 bridgehead atoms. The van der Waals surface area contributed by atoms with Gasteiger partial charge >= 0.3 is 0 Å². The molecule has 0 saturated carbocycles. The molecule has 0 aliphatic heterocycles. The van der Waals surface area contributed by atoms with Crippen molar-refractivity contribution in [2.45, 2.75) is 11.3 Å². The lowest BCUT2D eigenvalue weighted by Crippen LogP contribution is -2.11. The summed E-state index contributed by atoms with van der Waals surface area (Å²) in [7, 11) is -3.67. The maximum atomic E-state index is 13.4. The topological polar surface area (TPSA) is 60.2 Å². The Kier molecular flexibility index (Phi) is 4.83. The SMILES string of the molecule is NS(=O)(=O)c1ccc(Cc2cc(Br)c(F)cc2I)cc1. The Hall–Kier alpha value is -0.510. The predicted molar refractivity (Wildman–Crippen MR) is 87.4 cm³/mol. The summed E-state index contributed by atoms with van der Waals surface area (Å²) < 4.78 is 36.9. The van der Waals surface area contributed by atoms with Gasteiger partial charge < -0.3 is 0 Å². The highest BCUT2D eigenvalue weighted by atomic mass is 127. The van der Waals surface area contributed by atoms with Gasteiger partial charge in [0.1, 0.15) is 5.82 Å². The minimum absolute atomic E-state index is 0.0798. The van der Waals surface area contributed by atoms with Crippen LogP contribution in [0.2, 0.25) is 0 Å². The van der Waals surface area contributed by atoms with E-state index in [2.05, 4.69) is 38.5 Å². The van der Waals surface area contributed by atoms with Crippen LogP contribution in [0.4, 0.5) is 4.39 Å². The fraction of sp³-hybridized carbons (Fsp3) is 0.0769. The maximum Gasteiger partial charge on any atom is 0.238 e. The van der Waals surface area contributed by atoms with Crippen LogP contribution in [0.1, 0.15) is 11.1 Å². The normalized spacial score (nSPS) is 11.6. The number of rotatable bonds is 3. The van der Waals surface area contributed by atoms with E-state index in [1.165, 1.54) is 18.2 Å². The number of primary sulfonamides is 1. The van der Waals surface area contributed by atoms with Crippen molar-refractivity contribution in [3.8, 4) is 0 Å². The lowest BCUT2D eigenvalue weighted by molar-refractivity contribution is 0.597. The molecule has 2 rings (SSSR count). The van der Waals surface area contributed by atoms with E-state index in [1.54, 1.807) is 18.2 Å². The molecule has 0 aliphatic carbocycles. The van der Waals surface area contributed by atoms with Crippen LogP contribution in [0.15, 0.2) is 45.8 Å². The highest BCUT2D eigenvalue weighted by molar-refractivity contribution is 14.1. The van der Waals surface area contributed by atoms with Crippen LogP contribution >= 0.6 is 38.5 Å². The molecular formula is C13H10BrFINO2S. The second-order valence-corrected chi connectivity index (χ2v) is 7.80. The molecule has 0 heterocycles. The van der Waals surface area contributed by atoms with Crippen LogP contribution in [-0.2, 0) is 16.4 Å². The molecule has 0 aromatic heterocycles. The van der Waals surface area contributed by atoms with Gasteiger partial charge in [0.2, 0.25) is 10.0 Å². The van der Waals surface area contributed by atoms with Gasteiger partial charge in [0.25, 0.3) is 0 Å². The molecule has 0 amide bonds. The van der Waals surface area contributed by atoms with Crippen LogP contribution in [0.25, 0.3) is 0 Å². The van der Waals surface area contributed by atoms with Gasteiger partial charge in [0, 0.05) is 3.57 Å². The zero-order chi connectivity index (χ0) is 14.9. The molecule has 2 aromatic rings. The van der Waals surface area contributed by atoms with Gasteiger partial charge in [-0.2, -0.15) is 0 Å². The van der Waals surface area contributed by atoms with Gasteiger partial charge in [0.15, 0.2) is 0 Å². The summed E-state index contributed by atoms with van der Waals surface area (Å²) in [5, 5.41) is 5.04. The molecule has 3 nitrogen and oxygen atoms in total. The highest BCUT2D eigenvalue weighted by Crippen LogP contribution is 2.24. The Bertz CT molecular complexity index is 748. The van der Waals surface area contributed by atoms with Gasteiger partial charge in [-0.3, -0.25) is 0 Å². The number of halogens is 3. The fourth-order valence-corrected chi connectivity index (χ4v) is 3.24. The molecule has 0 fully saturated rings. The molecule has 2 aromatic carbocycles. The first-order valence-electron chi connectivity index (χ1n) is 5.52. The minimum Gasteiger partial charge on any atom is -0.225 e. The number of benzene rings is 2. The molecule has 0 radical (unpaired) electrons. The molecule has 0 unspecified atom stereocenters. The standard InChI is InChI=1S/C13H10BrFINO2S/c14-11-6-9(13(16)7-12(11)15)5-8-1-3-10(4-2-8)20(17,18)19/h1-4,6-7H,5H2,(H2,17,18,19). The Morgan fingerprint density at radius 1 is 1.20 bits per heavy atom. The number of hydrogen-bond donors (Lipinski definition) is 1. The average Bonchev–Trinajstić information content (AvgIpc) is 2.35. The number of sulfonamides is 1. The summed E-state index contributed by atoms with van der Waals surface area (Å²) in [6.45, 7) is 0. The lowest BCUT2D eigenvalue weighted by Gasteiger charge is -2.07. The zero-order valence-corrected chi connectivity index (χ0v) is 14.7. The maximum absolute atomic E-state index is 13.4. The Morgan fingerprint density at radius 3 is 2.35 bits per heavy atom. The Balaban J connectivity index is 2.29. The first-order valence-corrected chi connectivity index (χ1v) is 8.94. The second-order valence-electron chi connectivity index (χ2n) is 4.22. The van der Waals surface area contributed by atoms with Gasteiger partial charge in [-0.15, -0.1) is 0 Å². The molecule has 0 spiro atoms. The number of nitrogens with two attached hydrogens (primary N) is 1. The van der Waals surface area contributed by atoms with Crippen molar-refractivity contribution in [3.05, 3.63) is 61.4 Å². The minimum atomic E-state index is -3.67. The summed E-state index contributed by atoms with van der Waals surface area (Å²) in [5.41, 5.74) is 1.89. The van der Waals surface area contributed by atoms with Crippen LogP contribution < -0.4 is 5.14 Å². The van der Waals surface area contributed by atoms with Crippen molar-refractivity contribution in [1.82, 2.24) is 0 Å². The van der Waals surface area contributed by atoms with E-state index >= 15 is 0 Å². The molecule has 20 heavy (non-hydrogen) atoms. The Morgan fingerprint density at radius 2 is 1.80 bits per heavy atom. The van der Waals surface area contributed by atoms with Crippen molar-refractivity contribution in [3.63, 3.8) is 0 Å². The largest absolute Gasteiger partial charge is 0.238 e. The third-order valence-corrected chi connectivity index (χ3v) is 5.28. The van der Waals surface area contributed by atoms with E-state index in [-0.39, 0.29) is 10.7 Å². The second kappa shape index (κ2) is 6.08. The molecular weight excluding hydrogens is 460 g/mol. The molecule has 2 N–H and O–H groups in total. The summed E-state index contributed by atoms with van der Waals surface area (Å²) in [4.78, 5) is 0.0798. The molecule has 0 atom stereocenters. The molecule has 0 saturated heterocycles. The van der Waals surface area contributed by atoms with E-state index < -0.39 is 10.0 Å². The molecule has 7 heteroatoms. The first kappa shape index (κ1) is 15.9. The first-order chi connectivity index (χ1) is 9.27. The summed E-state index contributed by atoms with van der Waals surface area (Å²) >= 11 is 5.23. The average molecular weight is 470 g/mol. The molecule has 0 aliphatic rings. The van der Waals surface area contributed by atoms with E-state index in [9.17, 15) is 12.8 Å². The third kappa shape index (κ3) is 3.78. The van der Waals surface area contributed by atoms with Crippen molar-refractivity contribution < 1.29 is 12.8 Å².